The maximum absolute atomic E-state index is 12.2. The minimum atomic E-state index is -1.08. The van der Waals surface area contributed by atoms with Crippen molar-refractivity contribution in [3.05, 3.63) is 63.6 Å². The van der Waals surface area contributed by atoms with Crippen molar-refractivity contribution in [3.63, 3.8) is 0 Å². The van der Waals surface area contributed by atoms with Crippen molar-refractivity contribution >= 4 is 33.5 Å². The van der Waals surface area contributed by atoms with Gasteiger partial charge in [-0.15, -0.1) is 0 Å². The molecular formula is C15H12BrNO3. The van der Waals surface area contributed by atoms with E-state index in [1.807, 2.05) is 13.0 Å². The number of aryl methyl sites for hydroxylation is 1. The summed E-state index contributed by atoms with van der Waals surface area (Å²) in [5, 5.41) is 11.7. The number of carbonyl (C=O) groups excluding carboxylic acids is 1. The van der Waals surface area contributed by atoms with Gasteiger partial charge < -0.3 is 10.4 Å². The van der Waals surface area contributed by atoms with Crippen LogP contribution in [0, 0.1) is 6.92 Å². The summed E-state index contributed by atoms with van der Waals surface area (Å²) < 4.78 is 0.887. The van der Waals surface area contributed by atoms with Crippen LogP contribution in [0.25, 0.3) is 0 Å². The number of halogens is 1. The summed E-state index contributed by atoms with van der Waals surface area (Å²) in [6, 6.07) is 11.6. The van der Waals surface area contributed by atoms with Gasteiger partial charge in [0, 0.05) is 10.0 Å². The lowest BCUT2D eigenvalue weighted by Crippen LogP contribution is -2.15. The summed E-state index contributed by atoms with van der Waals surface area (Å²) in [6.07, 6.45) is 0. The van der Waals surface area contributed by atoms with Gasteiger partial charge in [0.25, 0.3) is 5.91 Å². The molecule has 0 aliphatic carbocycles. The normalized spacial score (nSPS) is 10.1. The first-order chi connectivity index (χ1) is 9.49. The fourth-order valence-electron chi connectivity index (χ4n) is 1.85. The molecule has 0 radical (unpaired) electrons. The van der Waals surface area contributed by atoms with Crippen molar-refractivity contribution in [1.29, 1.82) is 0 Å². The van der Waals surface area contributed by atoms with Crippen LogP contribution in [-0.2, 0) is 0 Å². The number of carbonyl (C=O) groups is 2. The van der Waals surface area contributed by atoms with Crippen LogP contribution in [0.2, 0.25) is 0 Å². The van der Waals surface area contributed by atoms with Crippen LogP contribution < -0.4 is 5.32 Å². The smallest absolute Gasteiger partial charge is 0.337 e. The van der Waals surface area contributed by atoms with E-state index < -0.39 is 5.97 Å². The van der Waals surface area contributed by atoms with Crippen molar-refractivity contribution in [1.82, 2.24) is 0 Å². The highest BCUT2D eigenvalue weighted by atomic mass is 79.9. The second-order valence-corrected chi connectivity index (χ2v) is 5.18. The molecule has 4 nitrogen and oxygen atoms in total. The summed E-state index contributed by atoms with van der Waals surface area (Å²) in [7, 11) is 0. The van der Waals surface area contributed by atoms with Gasteiger partial charge in [-0.05, 0) is 42.8 Å². The third-order valence-corrected chi connectivity index (χ3v) is 3.33. The zero-order valence-corrected chi connectivity index (χ0v) is 12.3. The number of anilines is 1. The second kappa shape index (κ2) is 5.88. The van der Waals surface area contributed by atoms with Crippen LogP contribution in [0.15, 0.2) is 46.9 Å². The topological polar surface area (TPSA) is 66.4 Å². The molecule has 0 aromatic heterocycles. The molecule has 5 heteroatoms. The Kier molecular flexibility index (Phi) is 4.20. The van der Waals surface area contributed by atoms with E-state index in [2.05, 4.69) is 21.2 Å². The Labute approximate surface area is 124 Å². The van der Waals surface area contributed by atoms with Crippen molar-refractivity contribution in [2.24, 2.45) is 0 Å². The summed E-state index contributed by atoms with van der Waals surface area (Å²) in [5.41, 5.74) is 1.67. The Hall–Kier alpha value is -2.14. The number of hydrogen-bond acceptors (Lipinski definition) is 2. The van der Waals surface area contributed by atoms with Crippen LogP contribution in [-0.4, -0.2) is 17.0 Å². The van der Waals surface area contributed by atoms with Gasteiger partial charge in [0.05, 0.1) is 11.3 Å². The molecule has 20 heavy (non-hydrogen) atoms. The summed E-state index contributed by atoms with van der Waals surface area (Å²) in [4.78, 5) is 23.3. The summed E-state index contributed by atoms with van der Waals surface area (Å²) >= 11 is 3.33. The Morgan fingerprint density at radius 3 is 2.45 bits per heavy atom. The van der Waals surface area contributed by atoms with Crippen molar-refractivity contribution in [3.8, 4) is 0 Å². The molecule has 2 N–H and O–H groups in total. The van der Waals surface area contributed by atoms with Gasteiger partial charge in [0.2, 0.25) is 0 Å². The van der Waals surface area contributed by atoms with Crippen molar-refractivity contribution in [2.75, 3.05) is 5.32 Å². The number of aromatic carboxylic acids is 1. The maximum Gasteiger partial charge on any atom is 0.337 e. The molecule has 102 valence electrons. The van der Waals surface area contributed by atoms with E-state index in [1.54, 1.807) is 30.3 Å². The molecule has 0 atom stereocenters. The quantitative estimate of drug-likeness (QED) is 0.899. The Balaban J connectivity index is 2.30. The molecule has 0 saturated heterocycles. The van der Waals surface area contributed by atoms with E-state index in [1.165, 1.54) is 6.07 Å². The predicted molar refractivity (Wildman–Crippen MR) is 80.2 cm³/mol. The lowest BCUT2D eigenvalue weighted by molar-refractivity contribution is 0.0698. The maximum atomic E-state index is 12.2. The number of carboxylic acids is 1. The SMILES string of the molecule is Cc1cc(Br)ccc1C(=O)Nc1ccccc1C(=O)O. The first kappa shape index (κ1) is 14.3. The third kappa shape index (κ3) is 3.05. The lowest BCUT2D eigenvalue weighted by Gasteiger charge is -2.10. The molecular weight excluding hydrogens is 322 g/mol. The number of amides is 1. The molecule has 1 amide bonds. The van der Waals surface area contributed by atoms with Crippen molar-refractivity contribution in [2.45, 2.75) is 6.92 Å². The van der Waals surface area contributed by atoms with Crippen molar-refractivity contribution < 1.29 is 14.7 Å². The Morgan fingerprint density at radius 2 is 1.80 bits per heavy atom. The highest BCUT2D eigenvalue weighted by Crippen LogP contribution is 2.19. The largest absolute Gasteiger partial charge is 0.478 e. The standard InChI is InChI=1S/C15H12BrNO3/c1-9-8-10(16)6-7-11(9)14(18)17-13-5-3-2-4-12(13)15(19)20/h2-8H,1H3,(H,17,18)(H,19,20). The van der Waals surface area contributed by atoms with Gasteiger partial charge in [0.15, 0.2) is 0 Å². The molecule has 0 aliphatic rings. The zero-order valence-electron chi connectivity index (χ0n) is 10.7. The third-order valence-electron chi connectivity index (χ3n) is 2.84. The number of hydrogen-bond donors (Lipinski definition) is 2. The van der Waals surface area contributed by atoms with Crippen LogP contribution in [0.4, 0.5) is 5.69 Å². The van der Waals surface area contributed by atoms with E-state index in [4.69, 9.17) is 5.11 Å². The fraction of sp³-hybridized carbons (Fsp3) is 0.0667. The minimum absolute atomic E-state index is 0.0654. The van der Waals surface area contributed by atoms with Crippen LogP contribution >= 0.6 is 15.9 Å². The number of rotatable bonds is 3. The van der Waals surface area contributed by atoms with Crippen LogP contribution in [0.3, 0.4) is 0 Å². The average molecular weight is 334 g/mol. The highest BCUT2D eigenvalue weighted by molar-refractivity contribution is 9.10. The molecule has 0 aliphatic heterocycles. The molecule has 0 spiro atoms. The Bertz CT molecular complexity index is 683. The van der Waals surface area contributed by atoms with Gasteiger partial charge in [0.1, 0.15) is 0 Å². The lowest BCUT2D eigenvalue weighted by atomic mass is 10.1. The zero-order chi connectivity index (χ0) is 14.7. The van der Waals surface area contributed by atoms with E-state index in [0.29, 0.717) is 5.56 Å². The molecule has 2 rings (SSSR count). The van der Waals surface area contributed by atoms with Gasteiger partial charge in [-0.25, -0.2) is 4.79 Å². The molecule has 0 bridgehead atoms. The summed E-state index contributed by atoms with van der Waals surface area (Å²) in [6.45, 7) is 1.82. The van der Waals surface area contributed by atoms with Crippen LogP contribution in [0.5, 0.6) is 0 Å². The highest BCUT2D eigenvalue weighted by Gasteiger charge is 2.14. The molecule has 0 fully saturated rings. The van der Waals surface area contributed by atoms with Crippen LogP contribution in [0.1, 0.15) is 26.3 Å². The second-order valence-electron chi connectivity index (χ2n) is 4.26. The molecule has 0 heterocycles. The predicted octanol–water partition coefficient (Wildman–Crippen LogP) is 3.71. The number of benzene rings is 2. The molecule has 2 aromatic rings. The number of para-hydroxylation sites is 1. The van der Waals surface area contributed by atoms with Gasteiger partial charge in [-0.1, -0.05) is 28.1 Å². The molecule has 2 aromatic carbocycles. The molecule has 0 unspecified atom stereocenters. The van der Waals surface area contributed by atoms with E-state index >= 15 is 0 Å². The van der Waals surface area contributed by atoms with E-state index in [9.17, 15) is 9.59 Å². The Morgan fingerprint density at radius 1 is 1.10 bits per heavy atom. The van der Waals surface area contributed by atoms with Gasteiger partial charge in [-0.3, -0.25) is 4.79 Å². The number of carboxylic acid groups (broad SMARTS) is 1. The first-order valence-electron chi connectivity index (χ1n) is 5.89. The average Bonchev–Trinajstić information content (AvgIpc) is 2.38. The van der Waals surface area contributed by atoms with Gasteiger partial charge in [-0.2, -0.15) is 0 Å². The minimum Gasteiger partial charge on any atom is -0.478 e. The molecule has 0 saturated carbocycles. The number of nitrogens with one attached hydrogen (secondary N) is 1. The van der Waals surface area contributed by atoms with Gasteiger partial charge >= 0.3 is 5.97 Å². The fourth-order valence-corrected chi connectivity index (χ4v) is 2.33. The summed E-state index contributed by atoms with van der Waals surface area (Å²) in [5.74, 6) is -1.41. The van der Waals surface area contributed by atoms with E-state index in [-0.39, 0.29) is 17.2 Å². The first-order valence-corrected chi connectivity index (χ1v) is 6.68. The van der Waals surface area contributed by atoms with E-state index in [0.717, 1.165) is 10.0 Å². The monoisotopic (exact) mass is 333 g/mol.